The third-order valence-electron chi connectivity index (χ3n) is 2.16. The van der Waals surface area contributed by atoms with E-state index in [1.165, 1.54) is 0 Å². The fourth-order valence-electron chi connectivity index (χ4n) is 1.53. The van der Waals surface area contributed by atoms with Gasteiger partial charge in [-0.1, -0.05) is 0 Å². The van der Waals surface area contributed by atoms with Gasteiger partial charge < -0.3 is 10.1 Å². The first kappa shape index (κ1) is 8.04. The number of aryl methyl sites for hydroxylation is 2. The lowest BCUT2D eigenvalue weighted by Gasteiger charge is -2.07. The van der Waals surface area contributed by atoms with E-state index in [4.69, 9.17) is 5.11 Å². The molecule has 0 atom stereocenters. The number of carbonyl (C=O) groups is 1. The van der Waals surface area contributed by atoms with Crippen molar-refractivity contribution in [1.82, 2.24) is 9.97 Å². The molecule has 0 amide bonds. The van der Waals surface area contributed by atoms with E-state index in [0.29, 0.717) is 12.0 Å². The molecule has 1 aromatic rings. The second kappa shape index (κ2) is 2.73. The third-order valence-corrected chi connectivity index (χ3v) is 2.16. The number of carboxylic acid groups (broad SMARTS) is 1. The second-order valence-corrected chi connectivity index (χ2v) is 3.16. The zero-order valence-corrected chi connectivity index (χ0v) is 7.29. The maximum atomic E-state index is 10.7. The molecule has 0 bridgehead atoms. The molecule has 0 saturated heterocycles. The number of aromatic nitrogens is 2. The van der Waals surface area contributed by atoms with E-state index >= 15 is 0 Å². The van der Waals surface area contributed by atoms with Gasteiger partial charge in [-0.2, -0.15) is 0 Å². The van der Waals surface area contributed by atoms with Crippen LogP contribution >= 0.6 is 0 Å². The molecule has 0 unspecified atom stereocenters. The first-order valence-electron chi connectivity index (χ1n) is 4.16. The van der Waals surface area contributed by atoms with Gasteiger partial charge >= 0.3 is 5.97 Å². The smallest absolute Gasteiger partial charge is 0.331 e. The van der Waals surface area contributed by atoms with E-state index in [1.807, 2.05) is 6.92 Å². The summed E-state index contributed by atoms with van der Waals surface area (Å²) in [6, 6.07) is 0. The van der Waals surface area contributed by atoms with E-state index < -0.39 is 5.97 Å². The van der Waals surface area contributed by atoms with Gasteiger partial charge in [-0.3, -0.25) is 0 Å². The Hall–Kier alpha value is -1.58. The lowest BCUT2D eigenvalue weighted by molar-refractivity contribution is -0.132. The summed E-state index contributed by atoms with van der Waals surface area (Å²) in [5, 5.41) is 8.76. The Balaban J connectivity index is 2.43. The molecule has 1 aliphatic carbocycles. The molecule has 0 aromatic carbocycles. The number of nitrogens with one attached hydrogen (secondary N) is 1. The summed E-state index contributed by atoms with van der Waals surface area (Å²) < 4.78 is 0. The Morgan fingerprint density at radius 3 is 3.08 bits per heavy atom. The second-order valence-electron chi connectivity index (χ2n) is 3.16. The van der Waals surface area contributed by atoms with Crippen LogP contribution in [0, 0.1) is 6.92 Å². The largest absolute Gasteiger partial charge is 0.478 e. The molecule has 68 valence electrons. The molecule has 13 heavy (non-hydrogen) atoms. The van der Waals surface area contributed by atoms with Crippen LogP contribution in [-0.4, -0.2) is 21.0 Å². The van der Waals surface area contributed by atoms with Gasteiger partial charge in [-0.05, 0) is 25.8 Å². The SMILES string of the molecule is Cc1nc2c([nH]1)CCC(C(=O)O)=C2. The van der Waals surface area contributed by atoms with Gasteiger partial charge in [-0.15, -0.1) is 0 Å². The Morgan fingerprint density at radius 2 is 2.38 bits per heavy atom. The molecule has 2 rings (SSSR count). The molecule has 2 N–H and O–H groups in total. The number of aliphatic carboxylic acids is 1. The highest BCUT2D eigenvalue weighted by Gasteiger charge is 2.17. The van der Waals surface area contributed by atoms with Crippen molar-refractivity contribution >= 4 is 12.0 Å². The van der Waals surface area contributed by atoms with Crippen molar-refractivity contribution in [3.63, 3.8) is 0 Å². The number of hydrogen-bond acceptors (Lipinski definition) is 2. The maximum Gasteiger partial charge on any atom is 0.331 e. The van der Waals surface area contributed by atoms with Crippen molar-refractivity contribution < 1.29 is 9.90 Å². The van der Waals surface area contributed by atoms with Crippen LogP contribution in [0.25, 0.3) is 6.08 Å². The van der Waals surface area contributed by atoms with Crippen LogP contribution in [0.2, 0.25) is 0 Å². The molecule has 4 heteroatoms. The van der Waals surface area contributed by atoms with E-state index in [1.54, 1.807) is 6.08 Å². The van der Waals surface area contributed by atoms with Gasteiger partial charge in [-0.25, -0.2) is 9.78 Å². The number of fused-ring (bicyclic) bond motifs is 1. The Labute approximate surface area is 75.3 Å². The third kappa shape index (κ3) is 1.35. The van der Waals surface area contributed by atoms with E-state index in [-0.39, 0.29) is 0 Å². The molecule has 4 nitrogen and oxygen atoms in total. The van der Waals surface area contributed by atoms with Crippen molar-refractivity contribution in [2.45, 2.75) is 19.8 Å². The number of aromatic amines is 1. The molecular formula is C9H10N2O2. The van der Waals surface area contributed by atoms with Crippen molar-refractivity contribution in [2.75, 3.05) is 0 Å². The summed E-state index contributed by atoms with van der Waals surface area (Å²) in [6.45, 7) is 1.87. The quantitative estimate of drug-likeness (QED) is 0.677. The summed E-state index contributed by atoms with van der Waals surface area (Å²) in [5.74, 6) is -0.000748. The average Bonchev–Trinajstić information content (AvgIpc) is 2.42. The maximum absolute atomic E-state index is 10.7. The van der Waals surface area contributed by atoms with Gasteiger partial charge in [0.1, 0.15) is 5.82 Å². The summed E-state index contributed by atoms with van der Waals surface area (Å²) in [7, 11) is 0. The minimum Gasteiger partial charge on any atom is -0.478 e. The summed E-state index contributed by atoms with van der Waals surface area (Å²) in [5.41, 5.74) is 2.27. The zero-order chi connectivity index (χ0) is 9.42. The Morgan fingerprint density at radius 1 is 1.62 bits per heavy atom. The lowest BCUT2D eigenvalue weighted by Crippen LogP contribution is -2.06. The summed E-state index contributed by atoms with van der Waals surface area (Å²) in [4.78, 5) is 18.0. The summed E-state index contributed by atoms with van der Waals surface area (Å²) >= 11 is 0. The minimum absolute atomic E-state index is 0.444. The highest BCUT2D eigenvalue weighted by Crippen LogP contribution is 2.21. The first-order valence-corrected chi connectivity index (χ1v) is 4.16. The molecule has 1 aliphatic rings. The van der Waals surface area contributed by atoms with Gasteiger partial charge in [0.2, 0.25) is 0 Å². The predicted octanol–water partition coefficient (Wildman–Crippen LogP) is 1.13. The van der Waals surface area contributed by atoms with Crippen LogP contribution in [0.4, 0.5) is 0 Å². The molecular weight excluding hydrogens is 168 g/mol. The van der Waals surface area contributed by atoms with Crippen molar-refractivity contribution in [2.24, 2.45) is 0 Å². The number of nitrogens with zero attached hydrogens (tertiary/aromatic N) is 1. The monoisotopic (exact) mass is 178 g/mol. The average molecular weight is 178 g/mol. The minimum atomic E-state index is -0.841. The van der Waals surface area contributed by atoms with E-state index in [9.17, 15) is 4.79 Å². The molecule has 0 spiro atoms. The zero-order valence-electron chi connectivity index (χ0n) is 7.29. The van der Waals surface area contributed by atoms with E-state index in [0.717, 1.165) is 23.6 Å². The van der Waals surface area contributed by atoms with Gasteiger partial charge in [0, 0.05) is 11.3 Å². The number of carboxylic acids is 1. The summed E-state index contributed by atoms with van der Waals surface area (Å²) in [6.07, 6.45) is 2.98. The highest BCUT2D eigenvalue weighted by molar-refractivity contribution is 5.92. The Kier molecular flexibility index (Phi) is 1.69. The molecule has 1 heterocycles. The molecule has 0 radical (unpaired) electrons. The standard InChI is InChI=1S/C9H10N2O2/c1-5-10-7-3-2-6(9(12)13)4-8(7)11-5/h4H,2-3H2,1H3,(H,10,11)(H,12,13). The highest BCUT2D eigenvalue weighted by atomic mass is 16.4. The molecule has 1 aromatic heterocycles. The normalized spacial score (nSPS) is 15.0. The fraction of sp³-hybridized carbons (Fsp3) is 0.333. The molecule has 0 aliphatic heterocycles. The number of imidazole rings is 1. The van der Waals surface area contributed by atoms with Crippen LogP contribution in [0.15, 0.2) is 5.57 Å². The number of rotatable bonds is 1. The van der Waals surface area contributed by atoms with Crippen LogP contribution in [0.3, 0.4) is 0 Å². The van der Waals surface area contributed by atoms with E-state index in [2.05, 4.69) is 9.97 Å². The van der Waals surface area contributed by atoms with Crippen molar-refractivity contribution in [1.29, 1.82) is 0 Å². The van der Waals surface area contributed by atoms with Crippen LogP contribution < -0.4 is 0 Å². The van der Waals surface area contributed by atoms with Gasteiger partial charge in [0.25, 0.3) is 0 Å². The topological polar surface area (TPSA) is 66.0 Å². The molecule has 0 saturated carbocycles. The van der Waals surface area contributed by atoms with Crippen molar-refractivity contribution in [3.8, 4) is 0 Å². The Bertz CT molecular complexity index is 390. The first-order chi connectivity index (χ1) is 6.16. The molecule has 0 fully saturated rings. The van der Waals surface area contributed by atoms with Crippen LogP contribution in [-0.2, 0) is 11.2 Å². The van der Waals surface area contributed by atoms with Crippen molar-refractivity contribution in [3.05, 3.63) is 22.8 Å². The van der Waals surface area contributed by atoms with Crippen LogP contribution in [0.1, 0.15) is 23.6 Å². The number of H-pyrrole nitrogens is 1. The van der Waals surface area contributed by atoms with Gasteiger partial charge in [0.05, 0.1) is 5.69 Å². The fourth-order valence-corrected chi connectivity index (χ4v) is 1.53. The number of hydrogen-bond donors (Lipinski definition) is 2. The van der Waals surface area contributed by atoms with Crippen LogP contribution in [0.5, 0.6) is 0 Å². The predicted molar refractivity (Wildman–Crippen MR) is 47.3 cm³/mol. The lowest BCUT2D eigenvalue weighted by atomic mass is 10.0. The van der Waals surface area contributed by atoms with Gasteiger partial charge in [0.15, 0.2) is 0 Å².